The summed E-state index contributed by atoms with van der Waals surface area (Å²) in [6, 6.07) is 14.2. The number of rotatable bonds is 10. The number of carboxylic acids is 1. The third-order valence-corrected chi connectivity index (χ3v) is 4.45. The summed E-state index contributed by atoms with van der Waals surface area (Å²) in [6.07, 6.45) is 4.46. The van der Waals surface area contributed by atoms with Crippen LogP contribution < -0.4 is 4.74 Å². The normalized spacial score (nSPS) is 11.9. The number of thiol groups is 1. The molecule has 0 heterocycles. The number of halogens is 1. The molecule has 3 nitrogen and oxygen atoms in total. The van der Waals surface area contributed by atoms with E-state index in [0.29, 0.717) is 13.0 Å². The number of benzene rings is 2. The SMILES string of the molecule is O=C(O)C(S)CCCCCc1ccc(OCc2ccc(F)cc2)cc1. The fraction of sp³-hybridized carbons (Fsp3) is 0.350. The van der Waals surface area contributed by atoms with Crippen LogP contribution in [-0.2, 0) is 17.8 Å². The molecule has 2 aromatic carbocycles. The van der Waals surface area contributed by atoms with Gasteiger partial charge in [0.25, 0.3) is 0 Å². The number of carboxylic acid groups (broad SMARTS) is 1. The van der Waals surface area contributed by atoms with Crippen LogP contribution in [0.3, 0.4) is 0 Å². The molecule has 1 N–H and O–H groups in total. The van der Waals surface area contributed by atoms with E-state index in [1.165, 1.54) is 17.7 Å². The predicted molar refractivity (Wildman–Crippen MR) is 99.8 cm³/mol. The van der Waals surface area contributed by atoms with Crippen molar-refractivity contribution in [2.24, 2.45) is 0 Å². The van der Waals surface area contributed by atoms with Crippen molar-refractivity contribution in [1.82, 2.24) is 0 Å². The number of ether oxygens (including phenoxy) is 1. The molecule has 1 atom stereocenters. The smallest absolute Gasteiger partial charge is 0.316 e. The highest BCUT2D eigenvalue weighted by atomic mass is 32.1. The van der Waals surface area contributed by atoms with Gasteiger partial charge in [0.1, 0.15) is 18.2 Å². The van der Waals surface area contributed by atoms with Crippen molar-refractivity contribution in [1.29, 1.82) is 0 Å². The monoisotopic (exact) mass is 362 g/mol. The van der Waals surface area contributed by atoms with Gasteiger partial charge in [-0.2, -0.15) is 12.6 Å². The van der Waals surface area contributed by atoms with Gasteiger partial charge >= 0.3 is 5.97 Å². The van der Waals surface area contributed by atoms with Crippen LogP contribution in [0.25, 0.3) is 0 Å². The van der Waals surface area contributed by atoms with Gasteiger partial charge in [0, 0.05) is 0 Å². The van der Waals surface area contributed by atoms with E-state index in [2.05, 4.69) is 12.6 Å². The number of unbranched alkanes of at least 4 members (excludes halogenated alkanes) is 2. The van der Waals surface area contributed by atoms with Crippen molar-refractivity contribution in [2.75, 3.05) is 0 Å². The van der Waals surface area contributed by atoms with E-state index in [4.69, 9.17) is 9.84 Å². The van der Waals surface area contributed by atoms with Gasteiger partial charge in [0.05, 0.1) is 5.25 Å². The Labute approximate surface area is 153 Å². The average molecular weight is 362 g/mol. The zero-order valence-corrected chi connectivity index (χ0v) is 14.9. The summed E-state index contributed by atoms with van der Waals surface area (Å²) in [7, 11) is 0. The Morgan fingerprint density at radius 2 is 1.64 bits per heavy atom. The number of hydrogen-bond acceptors (Lipinski definition) is 3. The van der Waals surface area contributed by atoms with E-state index < -0.39 is 11.2 Å². The molecule has 0 aliphatic carbocycles. The second-order valence-corrected chi connectivity index (χ2v) is 6.64. The quantitative estimate of drug-likeness (QED) is 0.467. The summed E-state index contributed by atoms with van der Waals surface area (Å²) in [5.41, 5.74) is 2.16. The van der Waals surface area contributed by atoms with Crippen LogP contribution in [0.1, 0.15) is 36.8 Å². The fourth-order valence-electron chi connectivity index (χ4n) is 2.47. The Morgan fingerprint density at radius 1 is 1.00 bits per heavy atom. The first-order valence-electron chi connectivity index (χ1n) is 8.41. The fourth-order valence-corrected chi connectivity index (χ4v) is 2.65. The van der Waals surface area contributed by atoms with E-state index in [9.17, 15) is 9.18 Å². The largest absolute Gasteiger partial charge is 0.489 e. The number of aliphatic carboxylic acids is 1. The Kier molecular flexibility index (Phi) is 7.79. The summed E-state index contributed by atoms with van der Waals surface area (Å²) < 4.78 is 18.5. The highest BCUT2D eigenvalue weighted by Crippen LogP contribution is 2.17. The maximum Gasteiger partial charge on any atom is 0.316 e. The standard InChI is InChI=1S/C20H23FO3S/c21-17-10-6-16(7-11-17)14-24-18-12-8-15(9-13-18)4-2-1-3-5-19(25)20(22)23/h6-13,19,25H,1-5,14H2,(H,22,23). The van der Waals surface area contributed by atoms with Gasteiger partial charge < -0.3 is 9.84 Å². The van der Waals surface area contributed by atoms with E-state index >= 15 is 0 Å². The van der Waals surface area contributed by atoms with Gasteiger partial charge in [-0.15, -0.1) is 0 Å². The van der Waals surface area contributed by atoms with Crippen LogP contribution in [0.5, 0.6) is 5.75 Å². The van der Waals surface area contributed by atoms with Crippen molar-refractivity contribution in [2.45, 2.75) is 44.0 Å². The number of aryl methyl sites for hydroxylation is 1. The van der Waals surface area contributed by atoms with Crippen molar-refractivity contribution in [3.05, 3.63) is 65.5 Å². The van der Waals surface area contributed by atoms with Gasteiger partial charge in [-0.3, -0.25) is 4.79 Å². The van der Waals surface area contributed by atoms with Crippen LogP contribution in [0.4, 0.5) is 4.39 Å². The Hall–Kier alpha value is -2.01. The molecule has 0 radical (unpaired) electrons. The average Bonchev–Trinajstić information content (AvgIpc) is 2.61. The molecule has 1 unspecified atom stereocenters. The van der Waals surface area contributed by atoms with Gasteiger partial charge in [-0.1, -0.05) is 37.1 Å². The molecule has 0 bridgehead atoms. The Morgan fingerprint density at radius 3 is 2.28 bits per heavy atom. The summed E-state index contributed by atoms with van der Waals surface area (Å²) in [5.74, 6) is -0.312. The van der Waals surface area contributed by atoms with Crippen molar-refractivity contribution >= 4 is 18.6 Å². The third kappa shape index (κ3) is 7.18. The third-order valence-electron chi connectivity index (χ3n) is 3.97. The van der Waals surface area contributed by atoms with Gasteiger partial charge in [0.15, 0.2) is 0 Å². The molecule has 0 fully saturated rings. The maximum absolute atomic E-state index is 12.8. The molecule has 0 aliphatic heterocycles. The van der Waals surface area contributed by atoms with Gasteiger partial charge in [-0.25, -0.2) is 4.39 Å². The molecular formula is C20H23FO3S. The molecule has 0 saturated carbocycles. The van der Waals surface area contributed by atoms with Gasteiger partial charge in [-0.05, 0) is 54.7 Å². The van der Waals surface area contributed by atoms with Crippen LogP contribution >= 0.6 is 12.6 Å². The topological polar surface area (TPSA) is 46.5 Å². The zero-order valence-electron chi connectivity index (χ0n) is 14.0. The molecule has 2 aromatic rings. The van der Waals surface area contributed by atoms with Crippen LogP contribution in [0.15, 0.2) is 48.5 Å². The van der Waals surface area contributed by atoms with Crippen LogP contribution in [-0.4, -0.2) is 16.3 Å². The lowest BCUT2D eigenvalue weighted by Gasteiger charge is -2.08. The summed E-state index contributed by atoms with van der Waals surface area (Å²) in [5, 5.41) is 8.21. The molecule has 0 amide bonds. The van der Waals surface area contributed by atoms with E-state index in [1.807, 2.05) is 24.3 Å². The first-order valence-corrected chi connectivity index (χ1v) is 8.93. The zero-order chi connectivity index (χ0) is 18.1. The summed E-state index contributed by atoms with van der Waals surface area (Å²) >= 11 is 4.03. The summed E-state index contributed by atoms with van der Waals surface area (Å²) in [4.78, 5) is 10.7. The summed E-state index contributed by atoms with van der Waals surface area (Å²) in [6.45, 7) is 0.411. The molecule has 0 saturated heterocycles. The first-order chi connectivity index (χ1) is 12.0. The van der Waals surface area contributed by atoms with Crippen molar-refractivity contribution in [3.8, 4) is 5.75 Å². The lowest BCUT2D eigenvalue weighted by Crippen LogP contribution is -2.12. The minimum atomic E-state index is -0.848. The lowest BCUT2D eigenvalue weighted by molar-refractivity contribution is -0.136. The molecule has 0 spiro atoms. The molecule has 134 valence electrons. The number of carbonyl (C=O) groups is 1. The first kappa shape index (κ1) is 19.3. The number of hydrogen-bond donors (Lipinski definition) is 2. The second kappa shape index (κ2) is 10.1. The van der Waals surface area contributed by atoms with E-state index in [0.717, 1.165) is 37.0 Å². The molecular weight excluding hydrogens is 339 g/mol. The Balaban J connectivity index is 1.67. The minimum Gasteiger partial charge on any atom is -0.489 e. The Bertz CT molecular complexity index is 656. The molecule has 5 heteroatoms. The van der Waals surface area contributed by atoms with E-state index in [-0.39, 0.29) is 5.82 Å². The lowest BCUT2D eigenvalue weighted by atomic mass is 10.1. The molecule has 2 rings (SSSR count). The predicted octanol–water partition coefficient (Wildman–Crippen LogP) is 4.89. The highest BCUT2D eigenvalue weighted by Gasteiger charge is 2.10. The van der Waals surface area contributed by atoms with Gasteiger partial charge in [0.2, 0.25) is 0 Å². The van der Waals surface area contributed by atoms with Crippen molar-refractivity contribution < 1.29 is 19.0 Å². The molecule has 0 aromatic heterocycles. The minimum absolute atomic E-state index is 0.249. The van der Waals surface area contributed by atoms with Crippen molar-refractivity contribution in [3.63, 3.8) is 0 Å². The maximum atomic E-state index is 12.8. The molecule has 25 heavy (non-hydrogen) atoms. The van der Waals surface area contributed by atoms with E-state index in [1.54, 1.807) is 12.1 Å². The highest BCUT2D eigenvalue weighted by molar-refractivity contribution is 7.81. The van der Waals surface area contributed by atoms with Crippen LogP contribution in [0.2, 0.25) is 0 Å². The second-order valence-electron chi connectivity index (χ2n) is 6.01. The molecule has 0 aliphatic rings. The van der Waals surface area contributed by atoms with Crippen LogP contribution in [0, 0.1) is 5.82 Å².